The van der Waals surface area contributed by atoms with E-state index < -0.39 is 0 Å². The number of amidine groups is 1. The maximum Gasteiger partial charge on any atom is 0.281 e. The summed E-state index contributed by atoms with van der Waals surface area (Å²) in [5.41, 5.74) is 6.91. The molecular weight excluding hydrogens is 306 g/mol. The van der Waals surface area contributed by atoms with Gasteiger partial charge in [-0.1, -0.05) is 23.7 Å². The molecule has 7 heteroatoms. The lowest BCUT2D eigenvalue weighted by Gasteiger charge is -2.41. The zero-order valence-corrected chi connectivity index (χ0v) is 13.4. The predicted molar refractivity (Wildman–Crippen MR) is 91.3 cm³/mol. The van der Waals surface area contributed by atoms with Gasteiger partial charge in [-0.15, -0.1) is 0 Å². The maximum absolute atomic E-state index is 13.0. The van der Waals surface area contributed by atoms with Gasteiger partial charge in [0.15, 0.2) is 11.5 Å². The summed E-state index contributed by atoms with van der Waals surface area (Å²) in [5, 5.41) is 15.6. The molecule has 3 heterocycles. The van der Waals surface area contributed by atoms with Crippen LogP contribution >= 0.6 is 0 Å². The normalized spacial score (nSPS) is 27.3. The highest BCUT2D eigenvalue weighted by Crippen LogP contribution is 2.33. The number of nitrogens with zero attached hydrogens (tertiary/aromatic N) is 3. The van der Waals surface area contributed by atoms with E-state index in [1.165, 1.54) is 6.42 Å². The molecule has 24 heavy (non-hydrogen) atoms. The SMILES string of the molecule is N/C(=N\O)c1nc2ccccc2n(C2CC3CCCC(C2)N3)c1=O. The summed E-state index contributed by atoms with van der Waals surface area (Å²) in [6, 6.07) is 8.55. The molecule has 2 aromatic rings. The minimum atomic E-state index is -0.283. The fourth-order valence-electron chi connectivity index (χ4n) is 4.18. The molecule has 0 radical (unpaired) electrons. The summed E-state index contributed by atoms with van der Waals surface area (Å²) in [6.45, 7) is 0. The van der Waals surface area contributed by atoms with E-state index in [2.05, 4.69) is 15.5 Å². The van der Waals surface area contributed by atoms with Crippen molar-refractivity contribution in [3.63, 3.8) is 0 Å². The van der Waals surface area contributed by atoms with Gasteiger partial charge in [-0.2, -0.15) is 0 Å². The Hall–Kier alpha value is -2.41. The molecule has 0 aliphatic carbocycles. The molecule has 7 nitrogen and oxygen atoms in total. The molecule has 2 atom stereocenters. The number of benzene rings is 1. The quantitative estimate of drug-likeness (QED) is 0.334. The number of fused-ring (bicyclic) bond motifs is 3. The molecule has 2 aliphatic rings. The van der Waals surface area contributed by atoms with Crippen molar-refractivity contribution in [2.75, 3.05) is 0 Å². The minimum absolute atomic E-state index is 0.0138. The van der Waals surface area contributed by atoms with Crippen molar-refractivity contribution >= 4 is 16.9 Å². The molecule has 4 N–H and O–H groups in total. The maximum atomic E-state index is 13.0. The standard InChI is InChI=1S/C17H21N5O2/c18-16(21-24)15-17(23)22(14-7-2-1-6-13(14)20-15)12-8-10-4-3-5-11(9-12)19-10/h1-2,6-7,10-12,19,24H,3-5,8-9H2,(H2,18,21). The van der Waals surface area contributed by atoms with E-state index in [1.807, 2.05) is 28.8 Å². The summed E-state index contributed by atoms with van der Waals surface area (Å²) >= 11 is 0. The number of rotatable bonds is 2. The Balaban J connectivity index is 1.90. The Morgan fingerprint density at radius 3 is 2.71 bits per heavy atom. The lowest BCUT2D eigenvalue weighted by Crippen LogP contribution is -2.50. The van der Waals surface area contributed by atoms with Gasteiger partial charge in [-0.3, -0.25) is 4.79 Å². The minimum Gasteiger partial charge on any atom is -0.409 e. The van der Waals surface area contributed by atoms with Crippen LogP contribution < -0.4 is 16.6 Å². The molecule has 126 valence electrons. The molecule has 1 aromatic carbocycles. The van der Waals surface area contributed by atoms with E-state index in [4.69, 9.17) is 10.9 Å². The van der Waals surface area contributed by atoms with Gasteiger partial charge in [-0.05, 0) is 37.8 Å². The lowest BCUT2D eigenvalue weighted by molar-refractivity contribution is 0.188. The second kappa shape index (κ2) is 5.90. The van der Waals surface area contributed by atoms with Crippen LogP contribution in [0, 0.1) is 0 Å². The van der Waals surface area contributed by atoms with Gasteiger partial charge in [0, 0.05) is 18.1 Å². The molecular formula is C17H21N5O2. The molecule has 2 aliphatic heterocycles. The van der Waals surface area contributed by atoms with Crippen LogP contribution in [0.1, 0.15) is 43.8 Å². The van der Waals surface area contributed by atoms with E-state index in [-0.39, 0.29) is 23.1 Å². The largest absolute Gasteiger partial charge is 0.409 e. The van der Waals surface area contributed by atoms with Crippen LogP contribution in [0.4, 0.5) is 0 Å². The lowest BCUT2D eigenvalue weighted by atomic mass is 9.84. The van der Waals surface area contributed by atoms with Crippen molar-refractivity contribution in [3.8, 4) is 0 Å². The number of nitrogens with one attached hydrogen (secondary N) is 1. The van der Waals surface area contributed by atoms with Gasteiger partial charge in [-0.25, -0.2) is 4.98 Å². The highest BCUT2D eigenvalue weighted by atomic mass is 16.4. The van der Waals surface area contributed by atoms with Crippen LogP contribution in [0.3, 0.4) is 0 Å². The Morgan fingerprint density at radius 2 is 2.00 bits per heavy atom. The van der Waals surface area contributed by atoms with Gasteiger partial charge in [0.05, 0.1) is 11.0 Å². The molecule has 1 aromatic heterocycles. The molecule has 2 unspecified atom stereocenters. The zero-order valence-electron chi connectivity index (χ0n) is 13.4. The Kier molecular flexibility index (Phi) is 3.72. The first-order chi connectivity index (χ1) is 11.7. The van der Waals surface area contributed by atoms with Crippen LogP contribution in [0.2, 0.25) is 0 Å². The van der Waals surface area contributed by atoms with Crippen molar-refractivity contribution < 1.29 is 5.21 Å². The van der Waals surface area contributed by atoms with Gasteiger partial charge in [0.1, 0.15) is 0 Å². The smallest absolute Gasteiger partial charge is 0.281 e. The summed E-state index contributed by atoms with van der Waals surface area (Å²) in [6.07, 6.45) is 5.38. The third-order valence-electron chi connectivity index (χ3n) is 5.20. The number of para-hydroxylation sites is 2. The van der Waals surface area contributed by atoms with E-state index in [0.717, 1.165) is 31.2 Å². The molecule has 2 bridgehead atoms. The van der Waals surface area contributed by atoms with E-state index in [9.17, 15) is 4.79 Å². The summed E-state index contributed by atoms with van der Waals surface area (Å²) in [4.78, 5) is 17.3. The summed E-state index contributed by atoms with van der Waals surface area (Å²) in [7, 11) is 0. The number of hydrogen-bond donors (Lipinski definition) is 3. The van der Waals surface area contributed by atoms with E-state index in [1.54, 1.807) is 0 Å². The van der Waals surface area contributed by atoms with Crippen LogP contribution in [0.15, 0.2) is 34.2 Å². The fourth-order valence-corrected chi connectivity index (χ4v) is 4.18. The van der Waals surface area contributed by atoms with Crippen molar-refractivity contribution in [1.29, 1.82) is 0 Å². The zero-order chi connectivity index (χ0) is 16.7. The predicted octanol–water partition coefficient (Wildman–Crippen LogP) is 1.34. The fraction of sp³-hybridized carbons (Fsp3) is 0.471. The van der Waals surface area contributed by atoms with Crippen molar-refractivity contribution in [2.24, 2.45) is 10.9 Å². The summed E-state index contributed by atoms with van der Waals surface area (Å²) < 4.78 is 1.81. The molecule has 0 amide bonds. The first kappa shape index (κ1) is 15.1. The molecule has 2 saturated heterocycles. The highest BCUT2D eigenvalue weighted by molar-refractivity contribution is 5.96. The Labute approximate surface area is 139 Å². The average molecular weight is 327 g/mol. The molecule has 4 rings (SSSR count). The van der Waals surface area contributed by atoms with Gasteiger partial charge in [0.25, 0.3) is 5.56 Å². The van der Waals surface area contributed by atoms with Crippen LogP contribution in [-0.2, 0) is 0 Å². The Morgan fingerprint density at radius 1 is 1.29 bits per heavy atom. The number of nitrogens with two attached hydrogens (primary N) is 1. The third-order valence-corrected chi connectivity index (χ3v) is 5.20. The second-order valence-corrected chi connectivity index (χ2v) is 6.73. The number of oxime groups is 1. The number of piperidine rings is 2. The van der Waals surface area contributed by atoms with Gasteiger partial charge >= 0.3 is 0 Å². The summed E-state index contributed by atoms with van der Waals surface area (Å²) in [5.74, 6) is -0.242. The van der Waals surface area contributed by atoms with Crippen LogP contribution in [0.25, 0.3) is 11.0 Å². The van der Waals surface area contributed by atoms with Crippen molar-refractivity contribution in [1.82, 2.24) is 14.9 Å². The number of hydrogen-bond acceptors (Lipinski definition) is 5. The third kappa shape index (κ3) is 2.45. The van der Waals surface area contributed by atoms with Crippen molar-refractivity contribution in [2.45, 2.75) is 50.2 Å². The topological polar surface area (TPSA) is 106 Å². The molecule has 2 fully saturated rings. The first-order valence-electron chi connectivity index (χ1n) is 8.42. The highest BCUT2D eigenvalue weighted by Gasteiger charge is 2.33. The van der Waals surface area contributed by atoms with E-state index in [0.29, 0.717) is 17.6 Å². The Bertz CT molecular complexity index is 848. The first-order valence-corrected chi connectivity index (χ1v) is 8.42. The number of aromatic nitrogens is 2. The second-order valence-electron chi connectivity index (χ2n) is 6.73. The van der Waals surface area contributed by atoms with Crippen molar-refractivity contribution in [3.05, 3.63) is 40.3 Å². The monoisotopic (exact) mass is 327 g/mol. The molecule has 0 saturated carbocycles. The van der Waals surface area contributed by atoms with Gasteiger partial charge in [0.2, 0.25) is 0 Å². The van der Waals surface area contributed by atoms with Crippen LogP contribution in [0.5, 0.6) is 0 Å². The van der Waals surface area contributed by atoms with Crippen LogP contribution in [-0.4, -0.2) is 32.7 Å². The average Bonchev–Trinajstić information content (AvgIpc) is 2.60. The van der Waals surface area contributed by atoms with E-state index >= 15 is 0 Å². The van der Waals surface area contributed by atoms with Gasteiger partial charge < -0.3 is 20.8 Å². The molecule has 0 spiro atoms.